The molecule has 2 N–H and O–H groups in total. The molecule has 1 aromatic heterocycles. The molecular weight excluding hydrogens is 398 g/mol. The average molecular weight is 412 g/mol. The van der Waals surface area contributed by atoms with Crippen molar-refractivity contribution in [2.45, 2.75) is 12.5 Å². The molecule has 1 unspecified atom stereocenters. The summed E-state index contributed by atoms with van der Waals surface area (Å²) in [5.41, 5.74) is 1.38. The van der Waals surface area contributed by atoms with Gasteiger partial charge in [0.15, 0.2) is 0 Å². The van der Waals surface area contributed by atoms with Crippen molar-refractivity contribution in [3.05, 3.63) is 69.9 Å². The summed E-state index contributed by atoms with van der Waals surface area (Å²) >= 11 is 5.91. The van der Waals surface area contributed by atoms with Crippen LogP contribution in [0.1, 0.15) is 12.5 Å². The van der Waals surface area contributed by atoms with Crippen LogP contribution in [0, 0.1) is 10.1 Å². The number of carbonyl (C=O) groups excluding carboxylic acids is 2. The van der Waals surface area contributed by atoms with Crippen LogP contribution in [0.4, 0.5) is 17.2 Å². The van der Waals surface area contributed by atoms with Crippen molar-refractivity contribution >= 4 is 40.6 Å². The number of para-hydroxylation sites is 2. The van der Waals surface area contributed by atoms with E-state index in [9.17, 15) is 19.7 Å². The van der Waals surface area contributed by atoms with Gasteiger partial charge in [0.1, 0.15) is 17.5 Å². The highest BCUT2D eigenvalue weighted by Crippen LogP contribution is 2.36. The Kier molecular flexibility index (Phi) is 4.73. The summed E-state index contributed by atoms with van der Waals surface area (Å²) in [6, 6.07) is 12.0. The van der Waals surface area contributed by atoms with Crippen LogP contribution in [0.3, 0.4) is 0 Å². The molecule has 10 heteroatoms. The number of anilines is 2. The molecule has 0 saturated heterocycles. The number of hydrogen-bond donors (Lipinski definition) is 2. The zero-order valence-electron chi connectivity index (χ0n) is 14.8. The van der Waals surface area contributed by atoms with E-state index >= 15 is 0 Å². The van der Waals surface area contributed by atoms with Gasteiger partial charge in [-0.2, -0.15) is 5.10 Å². The minimum absolute atomic E-state index is 0.0726. The van der Waals surface area contributed by atoms with E-state index in [1.165, 1.54) is 22.9 Å². The number of nitro benzene ring substituents is 1. The molecule has 0 spiro atoms. The summed E-state index contributed by atoms with van der Waals surface area (Å²) in [5, 5.41) is 21.2. The molecule has 9 nitrogen and oxygen atoms in total. The quantitative estimate of drug-likeness (QED) is 0.490. The average Bonchev–Trinajstić information content (AvgIpc) is 3.22. The van der Waals surface area contributed by atoms with Gasteiger partial charge in [0.25, 0.3) is 11.6 Å². The Labute approximate surface area is 169 Å². The summed E-state index contributed by atoms with van der Waals surface area (Å²) in [7, 11) is 0. The molecule has 1 aliphatic rings. The molecule has 0 fully saturated rings. The van der Waals surface area contributed by atoms with Gasteiger partial charge < -0.3 is 10.6 Å². The van der Waals surface area contributed by atoms with E-state index in [1.807, 2.05) is 0 Å². The Hall–Kier alpha value is -3.72. The van der Waals surface area contributed by atoms with Crippen molar-refractivity contribution in [2.75, 3.05) is 10.6 Å². The van der Waals surface area contributed by atoms with Crippen LogP contribution in [-0.2, 0) is 9.59 Å². The van der Waals surface area contributed by atoms with Gasteiger partial charge in [0.05, 0.1) is 17.5 Å². The number of nitro groups is 1. The highest BCUT2D eigenvalue weighted by atomic mass is 35.5. The molecular formula is C19H14ClN5O4. The van der Waals surface area contributed by atoms with E-state index in [2.05, 4.69) is 15.7 Å². The standard InChI is InChI=1S/C19H14ClN5O4/c20-12-7-5-11(6-8-12)13-10-21-24-16(19(27)23-18(13)24)9-17(26)22-14-3-1-2-4-15(14)25(28)29/h1-8,10,16H,9H2,(H,22,26)(H,23,27). The van der Waals surface area contributed by atoms with Crippen LogP contribution in [0.2, 0.25) is 5.02 Å². The van der Waals surface area contributed by atoms with E-state index in [-0.39, 0.29) is 23.7 Å². The molecule has 1 aliphatic heterocycles. The summed E-state index contributed by atoms with van der Waals surface area (Å²) in [4.78, 5) is 35.4. The number of halogens is 1. The number of benzene rings is 2. The third kappa shape index (κ3) is 3.55. The highest BCUT2D eigenvalue weighted by Gasteiger charge is 2.35. The molecule has 29 heavy (non-hydrogen) atoms. The summed E-state index contributed by atoms with van der Waals surface area (Å²) in [6.07, 6.45) is 1.39. The fourth-order valence-corrected chi connectivity index (χ4v) is 3.30. The second-order valence-electron chi connectivity index (χ2n) is 6.39. The summed E-state index contributed by atoms with van der Waals surface area (Å²) in [6.45, 7) is 0. The van der Waals surface area contributed by atoms with E-state index in [0.717, 1.165) is 5.56 Å². The van der Waals surface area contributed by atoms with Crippen LogP contribution in [0.15, 0.2) is 54.7 Å². The maximum atomic E-state index is 12.4. The molecule has 0 saturated carbocycles. The zero-order valence-corrected chi connectivity index (χ0v) is 15.6. The molecule has 3 aromatic rings. The number of carbonyl (C=O) groups is 2. The van der Waals surface area contributed by atoms with Gasteiger partial charge in [-0.05, 0) is 23.8 Å². The van der Waals surface area contributed by atoms with Crippen molar-refractivity contribution in [2.24, 2.45) is 0 Å². The van der Waals surface area contributed by atoms with Crippen LogP contribution >= 0.6 is 11.6 Å². The lowest BCUT2D eigenvalue weighted by molar-refractivity contribution is -0.383. The van der Waals surface area contributed by atoms with Gasteiger partial charge >= 0.3 is 0 Å². The normalized spacial score (nSPS) is 14.9. The highest BCUT2D eigenvalue weighted by molar-refractivity contribution is 6.30. The third-order valence-electron chi connectivity index (χ3n) is 4.54. The lowest BCUT2D eigenvalue weighted by atomic mass is 10.1. The zero-order chi connectivity index (χ0) is 20.5. The van der Waals surface area contributed by atoms with Gasteiger partial charge in [-0.3, -0.25) is 19.7 Å². The number of fused-ring (bicyclic) bond motifs is 1. The van der Waals surface area contributed by atoms with Crippen LogP contribution < -0.4 is 10.6 Å². The molecule has 0 aliphatic carbocycles. The Morgan fingerprint density at radius 1 is 1.24 bits per heavy atom. The smallest absolute Gasteiger partial charge is 0.292 e. The first-order chi connectivity index (χ1) is 13.9. The fourth-order valence-electron chi connectivity index (χ4n) is 3.17. The predicted octanol–water partition coefficient (Wildman–Crippen LogP) is 3.63. The van der Waals surface area contributed by atoms with Gasteiger partial charge in [0, 0.05) is 16.7 Å². The first kappa shape index (κ1) is 18.6. The van der Waals surface area contributed by atoms with Gasteiger partial charge in [-0.1, -0.05) is 35.9 Å². The Morgan fingerprint density at radius 2 is 1.97 bits per heavy atom. The molecule has 0 radical (unpaired) electrons. The van der Waals surface area contributed by atoms with E-state index in [4.69, 9.17) is 11.6 Å². The fraction of sp³-hybridized carbons (Fsp3) is 0.105. The molecule has 4 rings (SSSR count). The maximum Gasteiger partial charge on any atom is 0.292 e. The van der Waals surface area contributed by atoms with Crippen molar-refractivity contribution in [1.29, 1.82) is 0 Å². The molecule has 2 aromatic carbocycles. The van der Waals surface area contributed by atoms with E-state index in [1.54, 1.807) is 36.5 Å². The van der Waals surface area contributed by atoms with Crippen molar-refractivity contribution in [3.8, 4) is 11.1 Å². The van der Waals surface area contributed by atoms with E-state index in [0.29, 0.717) is 16.4 Å². The van der Waals surface area contributed by atoms with Crippen molar-refractivity contribution in [3.63, 3.8) is 0 Å². The second-order valence-corrected chi connectivity index (χ2v) is 6.83. The van der Waals surface area contributed by atoms with Crippen LogP contribution in [-0.4, -0.2) is 26.5 Å². The predicted molar refractivity (Wildman–Crippen MR) is 107 cm³/mol. The molecule has 2 heterocycles. The van der Waals surface area contributed by atoms with Crippen LogP contribution in [0.5, 0.6) is 0 Å². The topological polar surface area (TPSA) is 119 Å². The van der Waals surface area contributed by atoms with Gasteiger partial charge in [-0.15, -0.1) is 0 Å². The molecule has 0 bridgehead atoms. The van der Waals surface area contributed by atoms with Gasteiger partial charge in [0.2, 0.25) is 5.91 Å². The van der Waals surface area contributed by atoms with Crippen molar-refractivity contribution in [1.82, 2.24) is 9.78 Å². The lowest BCUT2D eigenvalue weighted by Gasteiger charge is -2.10. The lowest BCUT2D eigenvalue weighted by Crippen LogP contribution is -2.23. The van der Waals surface area contributed by atoms with E-state index < -0.39 is 16.9 Å². The summed E-state index contributed by atoms with van der Waals surface area (Å²) < 4.78 is 1.45. The Morgan fingerprint density at radius 3 is 2.69 bits per heavy atom. The molecule has 2 amide bonds. The number of rotatable bonds is 5. The summed E-state index contributed by atoms with van der Waals surface area (Å²) in [5.74, 6) is -0.419. The van der Waals surface area contributed by atoms with Crippen LogP contribution in [0.25, 0.3) is 11.1 Å². The largest absolute Gasteiger partial charge is 0.320 e. The minimum atomic E-state index is -0.853. The Bertz CT molecular complexity index is 1130. The number of hydrogen-bond acceptors (Lipinski definition) is 5. The minimum Gasteiger partial charge on any atom is -0.320 e. The monoisotopic (exact) mass is 411 g/mol. The number of nitrogens with one attached hydrogen (secondary N) is 2. The number of nitrogens with zero attached hydrogens (tertiary/aromatic N) is 3. The molecule has 1 atom stereocenters. The van der Waals surface area contributed by atoms with Crippen molar-refractivity contribution < 1.29 is 14.5 Å². The number of amides is 2. The second kappa shape index (κ2) is 7.36. The molecule has 146 valence electrons. The third-order valence-corrected chi connectivity index (χ3v) is 4.80. The Balaban J connectivity index is 1.54. The van der Waals surface area contributed by atoms with Gasteiger partial charge in [-0.25, -0.2) is 4.68 Å². The SMILES string of the molecule is O=C(CC1C(=O)Nc2c(-c3ccc(Cl)cc3)cnn21)Nc1ccccc1[N+](=O)[O-]. The first-order valence-corrected chi connectivity index (χ1v) is 8.99. The first-order valence-electron chi connectivity index (χ1n) is 8.61. The maximum absolute atomic E-state index is 12.4. The number of aromatic nitrogens is 2.